The molecule has 0 fully saturated rings. The number of amides is 2. The average Bonchev–Trinajstić information content (AvgIpc) is 2.89. The third-order valence-corrected chi connectivity index (χ3v) is 6.11. The predicted molar refractivity (Wildman–Crippen MR) is 124 cm³/mol. The van der Waals surface area contributed by atoms with Crippen LogP contribution in [0, 0.1) is 0 Å². The Morgan fingerprint density at radius 1 is 1.11 bits per heavy atom. The predicted octanol–water partition coefficient (Wildman–Crippen LogP) is 5.02. The zero-order chi connectivity index (χ0) is 26.0. The summed E-state index contributed by atoms with van der Waals surface area (Å²) in [4.78, 5) is 40.0. The van der Waals surface area contributed by atoms with Crippen LogP contribution in [-0.4, -0.2) is 42.5 Å². The molecule has 0 radical (unpaired) electrons. The van der Waals surface area contributed by atoms with E-state index in [0.717, 1.165) is 12.1 Å². The minimum atomic E-state index is -4.49. The molecule has 1 aliphatic rings. The molecule has 188 valence electrons. The maximum Gasteiger partial charge on any atom is 0.416 e. The zero-order valence-electron chi connectivity index (χ0n) is 19.6. The van der Waals surface area contributed by atoms with Crippen LogP contribution in [0.3, 0.4) is 0 Å². The van der Waals surface area contributed by atoms with Crippen molar-refractivity contribution < 1.29 is 37.0 Å². The van der Waals surface area contributed by atoms with E-state index in [1.165, 1.54) is 42.0 Å². The zero-order valence-corrected chi connectivity index (χ0v) is 20.4. The lowest BCUT2D eigenvalue weighted by Gasteiger charge is -2.27. The first kappa shape index (κ1) is 26.4. The molecule has 0 bridgehead atoms. The molecule has 0 aliphatic carbocycles. The van der Waals surface area contributed by atoms with Gasteiger partial charge in [-0.05, 0) is 56.7 Å². The van der Waals surface area contributed by atoms with Crippen LogP contribution < -0.4 is 10.2 Å². The summed E-state index contributed by atoms with van der Waals surface area (Å²) < 4.78 is 49.0. The van der Waals surface area contributed by atoms with Gasteiger partial charge >= 0.3 is 18.2 Å². The molecule has 2 amide bonds. The lowest BCUT2D eigenvalue weighted by atomic mass is 10.1. The second-order valence-corrected chi connectivity index (χ2v) is 9.86. The van der Waals surface area contributed by atoms with Gasteiger partial charge in [-0.1, -0.05) is 12.1 Å². The third kappa shape index (κ3) is 6.68. The lowest BCUT2D eigenvalue weighted by molar-refractivity contribution is -0.137. The van der Waals surface area contributed by atoms with E-state index in [-0.39, 0.29) is 17.9 Å². The second kappa shape index (κ2) is 10.2. The molecule has 1 atom stereocenters. The van der Waals surface area contributed by atoms with Crippen LogP contribution in [0.15, 0.2) is 47.4 Å². The van der Waals surface area contributed by atoms with Gasteiger partial charge in [0.05, 0.1) is 30.5 Å². The molecule has 0 saturated carbocycles. The van der Waals surface area contributed by atoms with Gasteiger partial charge in [-0.3, -0.25) is 4.79 Å². The highest BCUT2D eigenvalue weighted by Crippen LogP contribution is 2.37. The van der Waals surface area contributed by atoms with Gasteiger partial charge in [0.15, 0.2) is 0 Å². The number of alkyl carbamates (subject to hydrolysis) is 1. The highest BCUT2D eigenvalue weighted by molar-refractivity contribution is 7.99. The second-order valence-electron chi connectivity index (χ2n) is 8.80. The Balaban J connectivity index is 1.97. The van der Waals surface area contributed by atoms with Gasteiger partial charge in [0, 0.05) is 10.6 Å². The molecular formula is C24H25F3N2O5S. The van der Waals surface area contributed by atoms with Crippen LogP contribution in [0.1, 0.15) is 42.3 Å². The molecule has 2 aromatic carbocycles. The lowest BCUT2D eigenvalue weighted by Crippen LogP contribution is -2.50. The number of ether oxygens (including phenoxy) is 2. The highest BCUT2D eigenvalue weighted by Gasteiger charge is 2.34. The van der Waals surface area contributed by atoms with Crippen LogP contribution in [0.25, 0.3) is 0 Å². The summed E-state index contributed by atoms with van der Waals surface area (Å²) in [5.41, 5.74) is -0.559. The number of alkyl halides is 3. The number of thioether (sulfide) groups is 1. The SMILES string of the molecule is COC(=O)c1ccc2c(c1)N(Cc1ccc(C(F)(F)F)cc1)C(=O)[C@@H](NC(=O)OC(C)(C)C)CS2. The number of halogens is 3. The molecule has 1 aliphatic heterocycles. The van der Waals surface area contributed by atoms with Gasteiger partial charge in [-0.25, -0.2) is 9.59 Å². The van der Waals surface area contributed by atoms with Crippen molar-refractivity contribution in [3.8, 4) is 0 Å². The van der Waals surface area contributed by atoms with Crippen molar-refractivity contribution in [3.63, 3.8) is 0 Å². The van der Waals surface area contributed by atoms with Crippen LogP contribution in [0.2, 0.25) is 0 Å². The Bertz CT molecular complexity index is 1110. The number of nitrogens with zero attached hydrogens (tertiary/aromatic N) is 1. The van der Waals surface area contributed by atoms with Crippen molar-refractivity contribution in [2.75, 3.05) is 17.8 Å². The summed E-state index contributed by atoms with van der Waals surface area (Å²) >= 11 is 1.30. The van der Waals surface area contributed by atoms with Crippen molar-refractivity contribution in [1.29, 1.82) is 0 Å². The van der Waals surface area contributed by atoms with Gasteiger partial charge < -0.3 is 19.7 Å². The van der Waals surface area contributed by atoms with E-state index in [0.29, 0.717) is 16.1 Å². The quantitative estimate of drug-likeness (QED) is 0.582. The summed E-state index contributed by atoms with van der Waals surface area (Å²) in [6, 6.07) is 8.19. The smallest absolute Gasteiger partial charge is 0.416 e. The van der Waals surface area contributed by atoms with Gasteiger partial charge in [0.2, 0.25) is 0 Å². The number of hydrogen-bond acceptors (Lipinski definition) is 6. The molecule has 1 heterocycles. The van der Waals surface area contributed by atoms with E-state index in [2.05, 4.69) is 5.32 Å². The Morgan fingerprint density at radius 3 is 2.34 bits per heavy atom. The summed E-state index contributed by atoms with van der Waals surface area (Å²) in [5.74, 6) is -0.914. The first-order valence-electron chi connectivity index (χ1n) is 10.6. The largest absolute Gasteiger partial charge is 0.465 e. The molecule has 3 rings (SSSR count). The first-order chi connectivity index (χ1) is 16.3. The number of benzene rings is 2. The van der Waals surface area contributed by atoms with Crippen LogP contribution in [0.4, 0.5) is 23.7 Å². The van der Waals surface area contributed by atoms with Crippen LogP contribution in [0.5, 0.6) is 0 Å². The van der Waals surface area contributed by atoms with E-state index in [9.17, 15) is 27.6 Å². The fourth-order valence-corrected chi connectivity index (χ4v) is 4.40. The van der Waals surface area contributed by atoms with E-state index in [1.54, 1.807) is 32.9 Å². The normalized spacial score (nSPS) is 16.3. The summed E-state index contributed by atoms with van der Waals surface area (Å²) in [6.07, 6.45) is -5.26. The number of carbonyl (C=O) groups is 3. The molecule has 0 spiro atoms. The maximum atomic E-state index is 13.5. The maximum absolute atomic E-state index is 13.5. The fraction of sp³-hybridized carbons (Fsp3) is 0.375. The fourth-order valence-electron chi connectivity index (χ4n) is 3.34. The Hall–Kier alpha value is -3.21. The average molecular weight is 511 g/mol. The van der Waals surface area contributed by atoms with Crippen molar-refractivity contribution in [3.05, 3.63) is 59.2 Å². The van der Waals surface area contributed by atoms with Crippen molar-refractivity contribution in [2.45, 2.75) is 50.0 Å². The molecule has 0 saturated heterocycles. The van der Waals surface area contributed by atoms with E-state index in [1.807, 2.05) is 0 Å². The Kier molecular flexibility index (Phi) is 7.68. The number of hydrogen-bond donors (Lipinski definition) is 1. The summed E-state index contributed by atoms with van der Waals surface area (Å²) in [7, 11) is 1.23. The Labute approximate surface area is 205 Å². The summed E-state index contributed by atoms with van der Waals surface area (Å²) in [6.45, 7) is 4.99. The minimum absolute atomic E-state index is 0.0817. The summed E-state index contributed by atoms with van der Waals surface area (Å²) in [5, 5.41) is 2.58. The van der Waals surface area contributed by atoms with Crippen molar-refractivity contribution >= 4 is 35.4 Å². The van der Waals surface area contributed by atoms with Gasteiger partial charge in [-0.2, -0.15) is 13.2 Å². The number of anilines is 1. The van der Waals surface area contributed by atoms with Gasteiger partial charge in [0.25, 0.3) is 5.91 Å². The van der Waals surface area contributed by atoms with Crippen LogP contribution >= 0.6 is 11.8 Å². The standard InChI is InChI=1S/C24H25F3N2O5S/c1-23(2,3)34-22(32)28-17-13-35-19-10-7-15(21(31)33-4)11-18(19)29(20(17)30)12-14-5-8-16(9-6-14)24(25,26)27/h5-11,17H,12-13H2,1-4H3,(H,28,32)/t17-/m0/s1. The highest BCUT2D eigenvalue weighted by atomic mass is 32.2. The molecule has 2 aromatic rings. The third-order valence-electron chi connectivity index (χ3n) is 4.95. The van der Waals surface area contributed by atoms with Crippen molar-refractivity contribution in [1.82, 2.24) is 5.32 Å². The molecule has 11 heteroatoms. The van der Waals surface area contributed by atoms with Crippen molar-refractivity contribution in [2.24, 2.45) is 0 Å². The number of rotatable bonds is 4. The van der Waals surface area contributed by atoms with Gasteiger partial charge in [0.1, 0.15) is 11.6 Å². The van der Waals surface area contributed by atoms with Gasteiger partial charge in [-0.15, -0.1) is 11.8 Å². The number of nitrogens with one attached hydrogen (secondary N) is 1. The Morgan fingerprint density at radius 2 is 1.77 bits per heavy atom. The molecule has 35 heavy (non-hydrogen) atoms. The minimum Gasteiger partial charge on any atom is -0.465 e. The molecule has 7 nitrogen and oxygen atoms in total. The molecule has 1 N–H and O–H groups in total. The molecular weight excluding hydrogens is 485 g/mol. The first-order valence-corrected chi connectivity index (χ1v) is 11.6. The number of carbonyl (C=O) groups excluding carboxylic acids is 3. The molecule has 0 unspecified atom stereocenters. The monoisotopic (exact) mass is 510 g/mol. The van der Waals surface area contributed by atoms with E-state index in [4.69, 9.17) is 9.47 Å². The molecule has 0 aromatic heterocycles. The van der Waals surface area contributed by atoms with E-state index < -0.39 is 41.4 Å². The van der Waals surface area contributed by atoms with E-state index >= 15 is 0 Å². The topological polar surface area (TPSA) is 84.9 Å². The van der Waals surface area contributed by atoms with Crippen LogP contribution in [-0.2, 0) is 27.0 Å². The number of esters is 1. The number of methoxy groups -OCH3 is 1. The number of fused-ring (bicyclic) bond motifs is 1.